The minimum atomic E-state index is -0.557. The van der Waals surface area contributed by atoms with E-state index in [0.29, 0.717) is 11.6 Å². The van der Waals surface area contributed by atoms with E-state index in [0.717, 1.165) is 31.0 Å². The number of hydrogen-bond acceptors (Lipinski definition) is 5. The molecular weight excluding hydrogens is 210 g/mol. The van der Waals surface area contributed by atoms with Crippen LogP contribution in [0.2, 0.25) is 0 Å². The Morgan fingerprint density at radius 1 is 1.50 bits per heavy atom. The molecule has 0 aromatic carbocycles. The monoisotopic (exact) mass is 221 g/mol. The van der Waals surface area contributed by atoms with Crippen molar-refractivity contribution in [3.8, 4) is 11.6 Å². The lowest BCUT2D eigenvalue weighted by atomic mass is 10.4. The minimum Gasteiger partial charge on any atom is -0.324 e. The summed E-state index contributed by atoms with van der Waals surface area (Å²) in [7, 11) is 0. The number of hydrogen-bond donors (Lipinski definition) is 2. The lowest BCUT2D eigenvalue weighted by Crippen LogP contribution is -2.09. The first kappa shape index (κ1) is 9.34. The van der Waals surface area contributed by atoms with Crippen molar-refractivity contribution in [1.82, 2.24) is 25.0 Å². The molecule has 3 heterocycles. The number of aromatic nitrogens is 4. The zero-order valence-electron chi connectivity index (χ0n) is 8.78. The molecule has 0 saturated carbocycles. The van der Waals surface area contributed by atoms with Crippen molar-refractivity contribution in [3.05, 3.63) is 21.9 Å². The maximum atomic E-state index is 10.9. The highest BCUT2D eigenvalue weighted by Gasteiger charge is 2.22. The van der Waals surface area contributed by atoms with Gasteiger partial charge in [-0.3, -0.25) is 9.51 Å². The molecule has 0 bridgehead atoms. The van der Waals surface area contributed by atoms with Gasteiger partial charge in [0.1, 0.15) is 0 Å². The van der Waals surface area contributed by atoms with Gasteiger partial charge in [0.05, 0.1) is 11.4 Å². The fraction of sp³-hybridized carbons (Fsp3) is 0.444. The first-order valence-corrected chi connectivity index (χ1v) is 5.15. The van der Waals surface area contributed by atoms with Crippen LogP contribution >= 0.6 is 0 Å². The summed E-state index contributed by atoms with van der Waals surface area (Å²) < 4.78 is 6.52. The molecule has 0 unspecified atom stereocenters. The Labute approximate surface area is 90.5 Å². The topological polar surface area (TPSA) is 88.7 Å². The van der Waals surface area contributed by atoms with Crippen molar-refractivity contribution in [2.24, 2.45) is 0 Å². The zero-order chi connectivity index (χ0) is 11.1. The van der Waals surface area contributed by atoms with Gasteiger partial charge in [-0.25, -0.2) is 9.78 Å². The standard InChI is InChI=1S/C9H11N5O2/c1-2-14-6-4-10-3-5(6)11-8(14)7-12-9(15)16-13-7/h10H,2-4H2,1H3,(H,12,13,15). The Morgan fingerprint density at radius 3 is 3.06 bits per heavy atom. The molecule has 0 spiro atoms. The molecule has 1 aliphatic rings. The lowest BCUT2D eigenvalue weighted by molar-refractivity contribution is 0.387. The van der Waals surface area contributed by atoms with Crippen molar-refractivity contribution >= 4 is 0 Å². The number of rotatable bonds is 2. The van der Waals surface area contributed by atoms with Crippen LogP contribution in [0.1, 0.15) is 18.3 Å². The second kappa shape index (κ2) is 3.31. The quantitative estimate of drug-likeness (QED) is 0.736. The van der Waals surface area contributed by atoms with E-state index in [4.69, 9.17) is 0 Å². The smallest absolute Gasteiger partial charge is 0.324 e. The second-order valence-corrected chi connectivity index (χ2v) is 3.62. The maximum Gasteiger partial charge on any atom is 0.439 e. The SMILES string of the molecule is CCn1c(-c2noc(=O)[nH]2)nc2c1CNC2. The number of nitrogens with zero attached hydrogens (tertiary/aromatic N) is 3. The van der Waals surface area contributed by atoms with Crippen molar-refractivity contribution in [2.45, 2.75) is 26.6 Å². The van der Waals surface area contributed by atoms with E-state index in [1.807, 2.05) is 11.5 Å². The van der Waals surface area contributed by atoms with Crippen molar-refractivity contribution in [2.75, 3.05) is 0 Å². The molecule has 84 valence electrons. The van der Waals surface area contributed by atoms with Gasteiger partial charge in [-0.1, -0.05) is 5.16 Å². The first-order valence-electron chi connectivity index (χ1n) is 5.15. The van der Waals surface area contributed by atoms with Crippen LogP contribution < -0.4 is 11.1 Å². The molecule has 16 heavy (non-hydrogen) atoms. The van der Waals surface area contributed by atoms with E-state index in [9.17, 15) is 4.79 Å². The highest BCUT2D eigenvalue weighted by Crippen LogP contribution is 2.22. The highest BCUT2D eigenvalue weighted by atomic mass is 16.5. The summed E-state index contributed by atoms with van der Waals surface area (Å²) in [5.74, 6) is 0.500. The Hall–Kier alpha value is -1.89. The Kier molecular flexibility index (Phi) is 1.93. The Bertz CT molecular complexity index is 579. The molecule has 0 fully saturated rings. The molecule has 3 rings (SSSR count). The lowest BCUT2D eigenvalue weighted by Gasteiger charge is -2.04. The zero-order valence-corrected chi connectivity index (χ0v) is 8.78. The average molecular weight is 221 g/mol. The summed E-state index contributed by atoms with van der Waals surface area (Å²) in [6.07, 6.45) is 0. The van der Waals surface area contributed by atoms with E-state index in [1.165, 1.54) is 0 Å². The molecule has 2 aromatic rings. The third kappa shape index (κ3) is 1.21. The second-order valence-electron chi connectivity index (χ2n) is 3.62. The number of aromatic amines is 1. The third-order valence-electron chi connectivity index (χ3n) is 2.71. The number of fused-ring (bicyclic) bond motifs is 1. The van der Waals surface area contributed by atoms with E-state index < -0.39 is 5.76 Å². The molecule has 0 radical (unpaired) electrons. The number of nitrogens with one attached hydrogen (secondary N) is 2. The van der Waals surface area contributed by atoms with Gasteiger partial charge in [-0.15, -0.1) is 0 Å². The van der Waals surface area contributed by atoms with Gasteiger partial charge in [-0.2, -0.15) is 0 Å². The maximum absolute atomic E-state index is 10.9. The van der Waals surface area contributed by atoms with E-state index in [2.05, 4.69) is 25.0 Å². The van der Waals surface area contributed by atoms with Gasteiger partial charge >= 0.3 is 5.76 Å². The molecule has 0 saturated heterocycles. The van der Waals surface area contributed by atoms with Crippen molar-refractivity contribution in [3.63, 3.8) is 0 Å². The van der Waals surface area contributed by atoms with Crippen molar-refractivity contribution < 1.29 is 4.52 Å². The summed E-state index contributed by atoms with van der Waals surface area (Å²) >= 11 is 0. The van der Waals surface area contributed by atoms with Crippen molar-refractivity contribution in [1.29, 1.82) is 0 Å². The normalized spacial score (nSPS) is 14.3. The van der Waals surface area contributed by atoms with Crippen LogP contribution in [0, 0.1) is 0 Å². The molecular formula is C9H11N5O2. The summed E-state index contributed by atoms with van der Waals surface area (Å²) in [5, 5.41) is 6.89. The Balaban J connectivity index is 2.18. The van der Waals surface area contributed by atoms with E-state index in [-0.39, 0.29) is 0 Å². The largest absolute Gasteiger partial charge is 0.439 e. The summed E-state index contributed by atoms with van der Waals surface area (Å²) in [6, 6.07) is 0. The van der Waals surface area contributed by atoms with Crippen LogP contribution in [0.15, 0.2) is 9.32 Å². The third-order valence-corrected chi connectivity index (χ3v) is 2.71. The van der Waals surface area contributed by atoms with Gasteiger partial charge in [0, 0.05) is 19.6 Å². The first-order chi connectivity index (χ1) is 7.79. The van der Waals surface area contributed by atoms with Gasteiger partial charge in [-0.05, 0) is 6.92 Å². The van der Waals surface area contributed by atoms with E-state index >= 15 is 0 Å². The molecule has 7 heteroatoms. The molecule has 0 amide bonds. The van der Waals surface area contributed by atoms with E-state index in [1.54, 1.807) is 0 Å². The van der Waals surface area contributed by atoms with Gasteiger partial charge < -0.3 is 9.88 Å². The van der Waals surface area contributed by atoms with Crippen LogP contribution in [0.4, 0.5) is 0 Å². The molecule has 2 N–H and O–H groups in total. The predicted octanol–water partition coefficient (Wildman–Crippen LogP) is -0.151. The number of imidazole rings is 1. The average Bonchev–Trinajstić information content (AvgIpc) is 2.90. The summed E-state index contributed by atoms with van der Waals surface area (Å²) in [4.78, 5) is 17.9. The number of H-pyrrole nitrogens is 1. The van der Waals surface area contributed by atoms with Crippen LogP contribution in [0.5, 0.6) is 0 Å². The molecule has 7 nitrogen and oxygen atoms in total. The molecule has 0 aliphatic carbocycles. The molecule has 1 aliphatic heterocycles. The van der Waals surface area contributed by atoms with Crippen LogP contribution in [-0.4, -0.2) is 19.7 Å². The highest BCUT2D eigenvalue weighted by molar-refractivity contribution is 5.46. The summed E-state index contributed by atoms with van der Waals surface area (Å²) in [5.41, 5.74) is 2.17. The minimum absolute atomic E-state index is 0.390. The summed E-state index contributed by atoms with van der Waals surface area (Å²) in [6.45, 7) is 4.38. The van der Waals surface area contributed by atoms with Gasteiger partial charge in [0.25, 0.3) is 0 Å². The predicted molar refractivity (Wildman–Crippen MR) is 54.6 cm³/mol. The fourth-order valence-electron chi connectivity index (χ4n) is 2.02. The van der Waals surface area contributed by atoms with Gasteiger partial charge in [0.2, 0.25) is 5.82 Å². The van der Waals surface area contributed by atoms with Gasteiger partial charge in [0.15, 0.2) is 5.82 Å². The Morgan fingerprint density at radius 2 is 2.38 bits per heavy atom. The van der Waals surface area contributed by atoms with Crippen LogP contribution in [0.3, 0.4) is 0 Å². The van der Waals surface area contributed by atoms with Crippen LogP contribution in [0.25, 0.3) is 11.6 Å². The van der Waals surface area contributed by atoms with Crippen LogP contribution in [-0.2, 0) is 19.6 Å². The molecule has 0 atom stereocenters. The molecule has 2 aromatic heterocycles. The fourth-order valence-corrected chi connectivity index (χ4v) is 2.02.